The number of hydrogen-bond donors (Lipinski definition) is 1. The molecule has 6 atom stereocenters. The van der Waals surface area contributed by atoms with Crippen LogP contribution in [0.3, 0.4) is 0 Å². The van der Waals surface area contributed by atoms with Gasteiger partial charge in [0.2, 0.25) is 0 Å². The lowest BCUT2D eigenvalue weighted by molar-refractivity contribution is -0.224. The molecule has 3 aliphatic rings. The van der Waals surface area contributed by atoms with Crippen LogP contribution in [0.5, 0.6) is 0 Å². The zero-order valence-corrected chi connectivity index (χ0v) is 14.2. The van der Waals surface area contributed by atoms with Crippen LogP contribution in [0.4, 0.5) is 0 Å². The molecule has 22 heavy (non-hydrogen) atoms. The molecule has 0 aromatic heterocycles. The largest absolute Gasteiger partial charge is 0.456 e. The summed E-state index contributed by atoms with van der Waals surface area (Å²) in [5, 5.41) is 11.4. The summed E-state index contributed by atoms with van der Waals surface area (Å²) in [6.07, 6.45) is 6.92. The third-order valence-electron chi connectivity index (χ3n) is 6.79. The fraction of sp³-hybridized carbons (Fsp3) is 0.842. The fourth-order valence-corrected chi connectivity index (χ4v) is 5.57. The Labute approximate surface area is 134 Å². The minimum Gasteiger partial charge on any atom is -0.456 e. The van der Waals surface area contributed by atoms with E-state index in [0.29, 0.717) is 17.4 Å². The van der Waals surface area contributed by atoms with Gasteiger partial charge in [-0.1, -0.05) is 20.4 Å². The molecule has 6 unspecified atom stereocenters. The van der Waals surface area contributed by atoms with Crippen LogP contribution >= 0.6 is 0 Å². The van der Waals surface area contributed by atoms with E-state index in [1.54, 1.807) is 6.92 Å². The third-order valence-corrected chi connectivity index (χ3v) is 6.79. The normalized spacial score (nSPS) is 46.9. The molecular weight excluding hydrogens is 276 g/mol. The number of esters is 1. The summed E-state index contributed by atoms with van der Waals surface area (Å²) in [5.74, 6) is 1.48. The molecule has 0 aromatic rings. The summed E-state index contributed by atoms with van der Waals surface area (Å²) in [6.45, 7) is 9.81. The second-order valence-corrected chi connectivity index (χ2v) is 8.27. The van der Waals surface area contributed by atoms with Gasteiger partial charge < -0.3 is 9.84 Å². The second kappa shape index (κ2) is 5.36. The van der Waals surface area contributed by atoms with Gasteiger partial charge in [-0.05, 0) is 75.5 Å². The van der Waals surface area contributed by atoms with E-state index in [0.717, 1.165) is 32.1 Å². The van der Waals surface area contributed by atoms with Crippen molar-refractivity contribution < 1.29 is 14.6 Å². The van der Waals surface area contributed by atoms with Crippen LogP contribution in [-0.2, 0) is 9.53 Å². The maximum Gasteiger partial charge on any atom is 0.333 e. The van der Waals surface area contributed by atoms with Gasteiger partial charge in [-0.3, -0.25) is 0 Å². The summed E-state index contributed by atoms with van der Waals surface area (Å²) >= 11 is 0. The van der Waals surface area contributed by atoms with Gasteiger partial charge in [-0.2, -0.15) is 0 Å². The lowest BCUT2D eigenvalue weighted by Crippen LogP contribution is -2.62. The standard InChI is InChI=1S/C19H30O3/c1-5-18(22-17(20)12(2)3)10-15-7-6-14-8-13(4)16(11-18)19(15,21)9-14/h13-16,21H,2,5-11H2,1,3-4H3. The smallest absolute Gasteiger partial charge is 0.333 e. The highest BCUT2D eigenvalue weighted by molar-refractivity contribution is 5.87. The Balaban J connectivity index is 1.89. The number of ether oxygens (including phenoxy) is 1. The van der Waals surface area contributed by atoms with E-state index in [9.17, 15) is 9.90 Å². The molecule has 0 saturated heterocycles. The van der Waals surface area contributed by atoms with Crippen molar-refractivity contribution in [2.24, 2.45) is 23.7 Å². The first kappa shape index (κ1) is 16.0. The van der Waals surface area contributed by atoms with E-state index in [4.69, 9.17) is 4.74 Å². The summed E-state index contributed by atoms with van der Waals surface area (Å²) in [6, 6.07) is 0. The molecule has 0 heterocycles. The van der Waals surface area contributed by atoms with Crippen LogP contribution in [0, 0.1) is 23.7 Å². The van der Waals surface area contributed by atoms with E-state index in [-0.39, 0.29) is 17.8 Å². The second-order valence-electron chi connectivity index (χ2n) is 8.27. The molecule has 3 saturated carbocycles. The van der Waals surface area contributed by atoms with Gasteiger partial charge in [0, 0.05) is 5.57 Å². The number of rotatable bonds is 3. The average Bonchev–Trinajstić information content (AvgIpc) is 2.46. The Bertz CT molecular complexity index is 485. The summed E-state index contributed by atoms with van der Waals surface area (Å²) in [4.78, 5) is 12.1. The van der Waals surface area contributed by atoms with Crippen molar-refractivity contribution in [1.82, 2.24) is 0 Å². The van der Waals surface area contributed by atoms with Crippen LogP contribution in [0.15, 0.2) is 12.2 Å². The van der Waals surface area contributed by atoms with Gasteiger partial charge in [-0.25, -0.2) is 4.79 Å². The number of carbonyl (C=O) groups excluding carboxylic acids is 1. The highest BCUT2D eigenvalue weighted by Gasteiger charge is 2.60. The number of hydrogen-bond acceptors (Lipinski definition) is 3. The zero-order chi connectivity index (χ0) is 16.1. The van der Waals surface area contributed by atoms with Crippen molar-refractivity contribution in [2.45, 2.75) is 76.9 Å². The van der Waals surface area contributed by atoms with Crippen molar-refractivity contribution in [2.75, 3.05) is 0 Å². The van der Waals surface area contributed by atoms with Crippen molar-refractivity contribution in [3.05, 3.63) is 12.2 Å². The topological polar surface area (TPSA) is 46.5 Å². The van der Waals surface area contributed by atoms with Gasteiger partial charge in [0.15, 0.2) is 0 Å². The van der Waals surface area contributed by atoms with Crippen molar-refractivity contribution in [1.29, 1.82) is 0 Å². The zero-order valence-electron chi connectivity index (χ0n) is 14.2. The van der Waals surface area contributed by atoms with Crippen LogP contribution in [-0.4, -0.2) is 22.3 Å². The van der Waals surface area contributed by atoms with Crippen LogP contribution < -0.4 is 0 Å². The van der Waals surface area contributed by atoms with Gasteiger partial charge in [0.25, 0.3) is 0 Å². The molecule has 0 radical (unpaired) electrons. The Kier molecular flexibility index (Phi) is 3.91. The Hall–Kier alpha value is -0.830. The quantitative estimate of drug-likeness (QED) is 0.636. The molecule has 0 spiro atoms. The molecular formula is C19H30O3. The Morgan fingerprint density at radius 1 is 1.32 bits per heavy atom. The average molecular weight is 306 g/mol. The van der Waals surface area contributed by atoms with Crippen molar-refractivity contribution in [3.63, 3.8) is 0 Å². The van der Waals surface area contributed by atoms with Crippen LogP contribution in [0.2, 0.25) is 0 Å². The molecule has 0 amide bonds. The molecule has 3 heteroatoms. The summed E-state index contributed by atoms with van der Waals surface area (Å²) in [7, 11) is 0. The lowest BCUT2D eigenvalue weighted by atomic mass is 9.49. The van der Waals surface area contributed by atoms with Gasteiger partial charge in [-0.15, -0.1) is 0 Å². The first-order valence-corrected chi connectivity index (χ1v) is 8.91. The lowest BCUT2D eigenvalue weighted by Gasteiger charge is -2.60. The number of fused-ring (bicyclic) bond motifs is 1. The fourth-order valence-electron chi connectivity index (χ4n) is 5.57. The number of carbonyl (C=O) groups is 1. The Morgan fingerprint density at radius 2 is 2.05 bits per heavy atom. The van der Waals surface area contributed by atoms with Gasteiger partial charge in [0.05, 0.1) is 5.60 Å². The summed E-state index contributed by atoms with van der Waals surface area (Å²) < 4.78 is 5.93. The minimum absolute atomic E-state index is 0.265. The molecule has 1 N–H and O–H groups in total. The summed E-state index contributed by atoms with van der Waals surface area (Å²) in [5.41, 5.74) is -0.459. The van der Waals surface area contributed by atoms with E-state index < -0.39 is 11.2 Å². The van der Waals surface area contributed by atoms with E-state index in [1.165, 1.54) is 12.8 Å². The first-order valence-electron chi connectivity index (χ1n) is 8.91. The molecule has 3 nitrogen and oxygen atoms in total. The number of aliphatic hydroxyl groups is 1. The highest BCUT2D eigenvalue weighted by Crippen LogP contribution is 2.59. The van der Waals surface area contributed by atoms with Gasteiger partial charge in [0.1, 0.15) is 5.60 Å². The van der Waals surface area contributed by atoms with E-state index >= 15 is 0 Å². The molecule has 0 aromatic carbocycles. The van der Waals surface area contributed by atoms with Crippen molar-refractivity contribution in [3.8, 4) is 0 Å². The van der Waals surface area contributed by atoms with Crippen LogP contribution in [0.25, 0.3) is 0 Å². The predicted molar refractivity (Wildman–Crippen MR) is 86.2 cm³/mol. The molecule has 3 rings (SSSR count). The first-order chi connectivity index (χ1) is 10.3. The third kappa shape index (κ3) is 2.42. The van der Waals surface area contributed by atoms with E-state index in [1.807, 2.05) is 0 Å². The molecule has 124 valence electrons. The molecule has 2 bridgehead atoms. The Morgan fingerprint density at radius 3 is 2.68 bits per heavy atom. The predicted octanol–water partition coefficient (Wildman–Crippen LogP) is 3.85. The minimum atomic E-state index is -0.519. The molecule has 0 aliphatic heterocycles. The van der Waals surface area contributed by atoms with Gasteiger partial charge >= 0.3 is 5.97 Å². The SMILES string of the molecule is C=C(C)C(=O)OC1(CC)CC2CCC3CC(C)C(C1)C2(O)C3. The van der Waals surface area contributed by atoms with E-state index in [2.05, 4.69) is 20.4 Å². The molecule has 3 fully saturated rings. The van der Waals surface area contributed by atoms with Crippen LogP contribution in [0.1, 0.15) is 65.7 Å². The van der Waals surface area contributed by atoms with Crippen molar-refractivity contribution >= 4 is 5.97 Å². The maximum atomic E-state index is 12.1. The highest BCUT2D eigenvalue weighted by atomic mass is 16.6. The maximum absolute atomic E-state index is 12.1. The monoisotopic (exact) mass is 306 g/mol. The molecule has 3 aliphatic carbocycles.